The maximum Gasteiger partial charge on any atom is 0.182 e. The van der Waals surface area contributed by atoms with Gasteiger partial charge in [0.2, 0.25) is 0 Å². The van der Waals surface area contributed by atoms with Crippen molar-refractivity contribution in [2.75, 3.05) is 26.2 Å². The third-order valence-electron chi connectivity index (χ3n) is 7.81. The quantitative estimate of drug-likeness (QED) is 0.254. The Labute approximate surface area is 222 Å². The summed E-state index contributed by atoms with van der Waals surface area (Å²) in [7, 11) is 0. The first kappa shape index (κ1) is 26.9. The number of nitrogens with zero attached hydrogens (tertiary/aromatic N) is 4. The van der Waals surface area contributed by atoms with Crippen LogP contribution in [0, 0.1) is 25.0 Å². The molecule has 2 aliphatic heterocycles. The number of Topliss-reactive ketones (excluding diaryl/α,β-unsaturated/α-hetero) is 1. The van der Waals surface area contributed by atoms with E-state index in [2.05, 4.69) is 37.9 Å². The van der Waals surface area contributed by atoms with E-state index in [1.54, 1.807) is 6.20 Å². The van der Waals surface area contributed by atoms with Crippen molar-refractivity contribution in [2.45, 2.75) is 65.0 Å². The Morgan fingerprint density at radius 2 is 1.89 bits per heavy atom. The smallest absolute Gasteiger partial charge is 0.182 e. The summed E-state index contributed by atoms with van der Waals surface area (Å²) >= 11 is 3.52. The van der Waals surface area contributed by atoms with Gasteiger partial charge in [0.05, 0.1) is 11.8 Å². The normalized spacial score (nSPS) is 23.4. The third kappa shape index (κ3) is 5.72. The second-order valence-corrected chi connectivity index (χ2v) is 11.1. The van der Waals surface area contributed by atoms with Gasteiger partial charge in [-0.05, 0) is 95.8 Å². The van der Waals surface area contributed by atoms with E-state index in [0.29, 0.717) is 31.7 Å². The summed E-state index contributed by atoms with van der Waals surface area (Å²) in [5, 5.41) is 17.7. The first-order chi connectivity index (χ1) is 17.2. The predicted octanol–water partition coefficient (Wildman–Crippen LogP) is 5.52. The highest BCUT2D eigenvalue weighted by Crippen LogP contribution is 2.38. The van der Waals surface area contributed by atoms with Crippen molar-refractivity contribution < 1.29 is 9.63 Å². The summed E-state index contributed by atoms with van der Waals surface area (Å²) in [4.78, 5) is 26.6. The lowest BCUT2D eigenvalue weighted by atomic mass is 9.77. The average Bonchev–Trinajstić information content (AvgIpc) is 2.87. The molecule has 2 saturated heterocycles. The van der Waals surface area contributed by atoms with Gasteiger partial charge in [-0.15, -0.1) is 0 Å². The maximum atomic E-state index is 14.2. The van der Waals surface area contributed by atoms with Crippen LogP contribution in [0.25, 0.3) is 0 Å². The molecule has 0 saturated carbocycles. The number of halogens is 1. The number of aromatic nitrogens is 1. The van der Waals surface area contributed by atoms with E-state index >= 15 is 0 Å². The van der Waals surface area contributed by atoms with E-state index in [9.17, 15) is 10.0 Å². The fourth-order valence-corrected chi connectivity index (χ4v) is 5.98. The average molecular weight is 557 g/mol. The zero-order valence-electron chi connectivity index (χ0n) is 21.7. The van der Waals surface area contributed by atoms with Crippen molar-refractivity contribution in [3.05, 3.63) is 68.6 Å². The molecule has 2 atom stereocenters. The van der Waals surface area contributed by atoms with Crippen molar-refractivity contribution in [2.24, 2.45) is 11.1 Å². The second kappa shape index (κ2) is 11.5. The van der Waals surface area contributed by atoms with Gasteiger partial charge in [-0.3, -0.25) is 14.7 Å². The Balaban J connectivity index is 1.71. The van der Waals surface area contributed by atoms with E-state index in [4.69, 9.17) is 4.84 Å². The van der Waals surface area contributed by atoms with Crippen LogP contribution in [-0.2, 0) is 4.84 Å². The number of hydrogen-bond acceptors (Lipinski definition) is 7. The molecular weight excluding hydrogens is 520 g/mol. The summed E-state index contributed by atoms with van der Waals surface area (Å²) in [6, 6.07) is 9.70. The molecular formula is C28H36BrN4O3-. The van der Waals surface area contributed by atoms with Crippen molar-refractivity contribution in [3.63, 3.8) is 0 Å². The van der Waals surface area contributed by atoms with Crippen molar-refractivity contribution in [1.82, 2.24) is 14.9 Å². The highest BCUT2D eigenvalue weighted by molar-refractivity contribution is 9.10. The van der Waals surface area contributed by atoms with Crippen LogP contribution in [0.4, 0.5) is 0 Å². The standard InChI is InChI=1S/C28H36BrN4O3/c1-5-36-31-26(21-6-8-23(29)9-7-21)22-11-15-33(28(4)12-16-32(35)17-13-28)24(18-22)27(34)25-19(2)10-14-30-20(25)3/h6-10,14,22,24H,5,11-13,15-18H2,1-4H3/q-1/b31-26+/t22?,24-/m1/s1. The van der Waals surface area contributed by atoms with Crippen molar-refractivity contribution in [3.8, 4) is 0 Å². The predicted molar refractivity (Wildman–Crippen MR) is 146 cm³/mol. The molecule has 2 fully saturated rings. The van der Waals surface area contributed by atoms with Gasteiger partial charge in [0.15, 0.2) is 5.78 Å². The molecule has 0 aliphatic carbocycles. The van der Waals surface area contributed by atoms with Crippen LogP contribution in [0.15, 0.2) is 46.2 Å². The minimum absolute atomic E-state index is 0.0726. The van der Waals surface area contributed by atoms with E-state index in [-0.39, 0.29) is 23.3 Å². The number of oxime groups is 1. The lowest BCUT2D eigenvalue weighted by Gasteiger charge is -2.53. The highest BCUT2D eigenvalue weighted by atomic mass is 79.9. The SMILES string of the molecule is CCO/N=C(\c1ccc(Br)cc1)C1CCN(C2(C)CCN([O-])CC2)[C@@H](C(=O)c2c(C)ccnc2C)C1. The molecule has 2 aliphatic rings. The first-order valence-electron chi connectivity index (χ1n) is 12.8. The number of benzene rings is 1. The molecule has 7 nitrogen and oxygen atoms in total. The Morgan fingerprint density at radius 1 is 1.19 bits per heavy atom. The molecule has 0 spiro atoms. The van der Waals surface area contributed by atoms with Gasteiger partial charge < -0.3 is 15.1 Å². The molecule has 0 bridgehead atoms. The van der Waals surface area contributed by atoms with E-state index in [1.807, 2.05) is 51.1 Å². The summed E-state index contributed by atoms with van der Waals surface area (Å²) < 4.78 is 1.00. The fraction of sp³-hybridized carbons (Fsp3) is 0.536. The maximum absolute atomic E-state index is 14.2. The summed E-state index contributed by atoms with van der Waals surface area (Å²) in [6.07, 6.45) is 4.78. The first-order valence-corrected chi connectivity index (χ1v) is 13.6. The summed E-state index contributed by atoms with van der Waals surface area (Å²) in [5.74, 6) is 0.184. The van der Waals surface area contributed by atoms with Crippen LogP contribution in [-0.4, -0.2) is 64.3 Å². The molecule has 3 heterocycles. The van der Waals surface area contributed by atoms with Gasteiger partial charge in [0, 0.05) is 39.9 Å². The van der Waals surface area contributed by atoms with Crippen LogP contribution >= 0.6 is 15.9 Å². The van der Waals surface area contributed by atoms with Gasteiger partial charge >= 0.3 is 0 Å². The molecule has 36 heavy (non-hydrogen) atoms. The minimum atomic E-state index is -0.323. The lowest BCUT2D eigenvalue weighted by molar-refractivity contribution is -0.00766. The molecule has 1 aromatic carbocycles. The van der Waals surface area contributed by atoms with E-state index in [1.165, 1.54) is 0 Å². The van der Waals surface area contributed by atoms with Crippen LogP contribution in [0.1, 0.15) is 66.7 Å². The number of likely N-dealkylation sites (tertiary alicyclic amines) is 1. The third-order valence-corrected chi connectivity index (χ3v) is 8.34. The van der Waals surface area contributed by atoms with Crippen LogP contribution < -0.4 is 0 Å². The monoisotopic (exact) mass is 555 g/mol. The number of carbonyl (C=O) groups is 1. The molecule has 1 unspecified atom stereocenters. The van der Waals surface area contributed by atoms with Gasteiger partial charge in [0.25, 0.3) is 0 Å². The van der Waals surface area contributed by atoms with Crippen LogP contribution in [0.3, 0.4) is 0 Å². The van der Waals surface area contributed by atoms with Crippen LogP contribution in [0.2, 0.25) is 0 Å². The number of aryl methyl sites for hydroxylation is 2. The molecule has 0 N–H and O–H groups in total. The number of rotatable bonds is 7. The summed E-state index contributed by atoms with van der Waals surface area (Å²) in [5.41, 5.74) is 4.12. The minimum Gasteiger partial charge on any atom is -0.785 e. The topological polar surface area (TPSA) is 81.1 Å². The van der Waals surface area contributed by atoms with Crippen molar-refractivity contribution in [1.29, 1.82) is 0 Å². The Hall–Kier alpha value is -2.13. The van der Waals surface area contributed by atoms with E-state index in [0.717, 1.165) is 57.9 Å². The van der Waals surface area contributed by atoms with Gasteiger partial charge in [-0.25, -0.2) is 0 Å². The Bertz CT molecular complexity index is 1080. The number of pyridine rings is 1. The second-order valence-electron chi connectivity index (χ2n) is 10.2. The molecule has 4 rings (SSSR count). The number of ketones is 1. The Kier molecular flexibility index (Phi) is 8.60. The molecule has 194 valence electrons. The lowest BCUT2D eigenvalue weighted by Crippen LogP contribution is -2.61. The van der Waals surface area contributed by atoms with E-state index < -0.39 is 0 Å². The van der Waals surface area contributed by atoms with Crippen LogP contribution in [0.5, 0.6) is 0 Å². The molecule has 1 aromatic heterocycles. The van der Waals surface area contributed by atoms with Crippen molar-refractivity contribution >= 4 is 27.4 Å². The number of carbonyl (C=O) groups excluding carboxylic acids is 1. The molecule has 8 heteroatoms. The molecule has 0 radical (unpaired) electrons. The van der Waals surface area contributed by atoms with Gasteiger partial charge in [-0.2, -0.15) is 0 Å². The largest absolute Gasteiger partial charge is 0.785 e. The zero-order chi connectivity index (χ0) is 25.9. The Morgan fingerprint density at radius 3 is 2.53 bits per heavy atom. The fourth-order valence-electron chi connectivity index (χ4n) is 5.71. The number of hydroxylamine groups is 2. The molecule has 0 amide bonds. The number of hydrogen-bond donors (Lipinski definition) is 0. The number of piperidine rings is 2. The zero-order valence-corrected chi connectivity index (χ0v) is 23.3. The summed E-state index contributed by atoms with van der Waals surface area (Å²) in [6.45, 7) is 10.3. The van der Waals surface area contributed by atoms with Gasteiger partial charge in [0.1, 0.15) is 6.61 Å². The van der Waals surface area contributed by atoms with Gasteiger partial charge in [-0.1, -0.05) is 33.2 Å². The highest BCUT2D eigenvalue weighted by Gasteiger charge is 2.45. The molecule has 2 aromatic rings.